The van der Waals surface area contributed by atoms with Gasteiger partial charge in [-0.25, -0.2) is 0 Å². The number of carboxylic acid groups (broad SMARTS) is 2. The minimum atomic E-state index is -1.17. The minimum Gasteiger partial charge on any atom is -0.481 e. The normalized spacial score (nSPS) is 12.1. The fourth-order valence-corrected chi connectivity index (χ4v) is 2.78. The lowest BCUT2D eigenvalue weighted by Gasteiger charge is -2.09. The zero-order valence-electron chi connectivity index (χ0n) is 18.8. The molecule has 0 aromatic heterocycles. The molecule has 2 N–H and O–H groups in total. The second kappa shape index (κ2) is 18.0. The lowest BCUT2D eigenvalue weighted by atomic mass is 10.0. The van der Waals surface area contributed by atoms with E-state index >= 15 is 0 Å². The molecule has 0 radical (unpaired) electrons. The molecule has 2 unspecified atom stereocenters. The number of carboxylic acids is 2. The molecular weight excluding hydrogens is 456 g/mol. The molecule has 0 heterocycles. The van der Waals surface area contributed by atoms with Crippen LogP contribution in [0.15, 0.2) is 0 Å². The van der Waals surface area contributed by atoms with Gasteiger partial charge in [0, 0.05) is 25.7 Å². The standard InChI is InChI=1S/C22H30O12/c23-13-15(7-1-3-9-17(25)26)21(31)33-19(29)11-5-6-12-20(30)34-22(32)16(14-24)8-2-4-10-18(27)28/h13-16H,1-12H2,(H,25,26)(H,27,28). The van der Waals surface area contributed by atoms with Gasteiger partial charge in [-0.2, -0.15) is 0 Å². The fourth-order valence-electron chi connectivity index (χ4n) is 2.78. The van der Waals surface area contributed by atoms with Crippen LogP contribution in [0.1, 0.15) is 77.0 Å². The highest BCUT2D eigenvalue weighted by Crippen LogP contribution is 2.13. The number of hydrogen-bond acceptors (Lipinski definition) is 10. The van der Waals surface area contributed by atoms with E-state index in [9.17, 15) is 38.4 Å². The molecule has 12 heteroatoms. The molecule has 0 amide bonds. The summed E-state index contributed by atoms with van der Waals surface area (Å²) < 4.78 is 9.18. The van der Waals surface area contributed by atoms with Crippen molar-refractivity contribution in [2.45, 2.75) is 77.0 Å². The third kappa shape index (κ3) is 15.4. The zero-order chi connectivity index (χ0) is 25.9. The molecule has 0 saturated heterocycles. The van der Waals surface area contributed by atoms with Crippen LogP contribution in [0.4, 0.5) is 0 Å². The van der Waals surface area contributed by atoms with E-state index in [1.54, 1.807) is 0 Å². The molecule has 0 bridgehead atoms. The summed E-state index contributed by atoms with van der Waals surface area (Å²) in [4.78, 5) is 90.0. The summed E-state index contributed by atoms with van der Waals surface area (Å²) in [6, 6.07) is 0. The van der Waals surface area contributed by atoms with Crippen molar-refractivity contribution in [3.8, 4) is 0 Å². The average molecular weight is 486 g/mol. The third-order valence-electron chi connectivity index (χ3n) is 4.69. The molecule has 0 spiro atoms. The Labute approximate surface area is 196 Å². The Bertz CT molecular complexity index is 680. The SMILES string of the molecule is O=CC(CCCCC(=O)O)C(=O)OC(=O)CCCCC(=O)OC(=O)C(C=O)CCCCC(=O)O. The topological polar surface area (TPSA) is 195 Å². The highest BCUT2D eigenvalue weighted by Gasteiger charge is 2.23. The van der Waals surface area contributed by atoms with E-state index in [1.807, 2.05) is 0 Å². The van der Waals surface area contributed by atoms with E-state index in [2.05, 4.69) is 9.47 Å². The summed E-state index contributed by atoms with van der Waals surface area (Å²) in [7, 11) is 0. The Morgan fingerprint density at radius 1 is 0.559 bits per heavy atom. The molecule has 0 aromatic rings. The molecule has 0 aliphatic rings. The largest absolute Gasteiger partial charge is 0.481 e. The van der Waals surface area contributed by atoms with Gasteiger partial charge in [-0.15, -0.1) is 0 Å². The van der Waals surface area contributed by atoms with Gasteiger partial charge < -0.3 is 29.3 Å². The van der Waals surface area contributed by atoms with Crippen LogP contribution in [0.3, 0.4) is 0 Å². The molecular formula is C22H30O12. The maximum atomic E-state index is 11.8. The van der Waals surface area contributed by atoms with Crippen LogP contribution in [0.2, 0.25) is 0 Å². The van der Waals surface area contributed by atoms with E-state index in [1.165, 1.54) is 0 Å². The Morgan fingerprint density at radius 2 is 0.882 bits per heavy atom. The van der Waals surface area contributed by atoms with Gasteiger partial charge in [-0.05, 0) is 38.5 Å². The number of esters is 4. The monoisotopic (exact) mass is 486 g/mol. The number of carbonyl (C=O) groups excluding carboxylic acids is 6. The molecule has 34 heavy (non-hydrogen) atoms. The first-order valence-corrected chi connectivity index (χ1v) is 10.9. The Balaban J connectivity index is 4.15. The van der Waals surface area contributed by atoms with E-state index in [4.69, 9.17) is 10.2 Å². The molecule has 12 nitrogen and oxygen atoms in total. The summed E-state index contributed by atoms with van der Waals surface area (Å²) in [5, 5.41) is 17.1. The summed E-state index contributed by atoms with van der Waals surface area (Å²) >= 11 is 0. The van der Waals surface area contributed by atoms with Crippen LogP contribution < -0.4 is 0 Å². The van der Waals surface area contributed by atoms with Crippen LogP contribution in [-0.4, -0.2) is 58.6 Å². The predicted molar refractivity (Wildman–Crippen MR) is 112 cm³/mol. The number of unbranched alkanes of at least 4 members (excludes halogenated alkanes) is 3. The Morgan fingerprint density at radius 3 is 1.18 bits per heavy atom. The van der Waals surface area contributed by atoms with E-state index < -0.39 is 47.7 Å². The second-order valence-corrected chi connectivity index (χ2v) is 7.56. The lowest BCUT2D eigenvalue weighted by molar-refractivity contribution is -0.165. The van der Waals surface area contributed by atoms with Crippen molar-refractivity contribution < 1.29 is 58.0 Å². The molecule has 0 fully saturated rings. The predicted octanol–water partition coefficient (Wildman–Crippen LogP) is 1.61. The van der Waals surface area contributed by atoms with Crippen LogP contribution in [-0.2, 0) is 47.8 Å². The van der Waals surface area contributed by atoms with Crippen molar-refractivity contribution in [3.05, 3.63) is 0 Å². The lowest BCUT2D eigenvalue weighted by Crippen LogP contribution is -2.23. The van der Waals surface area contributed by atoms with Crippen molar-refractivity contribution in [1.82, 2.24) is 0 Å². The average Bonchev–Trinajstić information content (AvgIpc) is 2.76. The Kier molecular flexibility index (Phi) is 16.2. The summed E-state index contributed by atoms with van der Waals surface area (Å²) in [5.74, 6) is -8.17. The van der Waals surface area contributed by atoms with Gasteiger partial charge in [-0.3, -0.25) is 28.8 Å². The minimum absolute atomic E-state index is 0.0596. The van der Waals surface area contributed by atoms with Gasteiger partial charge in [0.15, 0.2) is 0 Å². The van der Waals surface area contributed by atoms with Crippen LogP contribution in [0.5, 0.6) is 0 Å². The second-order valence-electron chi connectivity index (χ2n) is 7.56. The van der Waals surface area contributed by atoms with Crippen molar-refractivity contribution in [3.63, 3.8) is 0 Å². The third-order valence-corrected chi connectivity index (χ3v) is 4.69. The first-order valence-electron chi connectivity index (χ1n) is 10.9. The maximum absolute atomic E-state index is 11.8. The number of rotatable bonds is 19. The Hall–Kier alpha value is -3.44. The molecule has 0 aliphatic heterocycles. The van der Waals surface area contributed by atoms with Crippen LogP contribution in [0.25, 0.3) is 0 Å². The van der Waals surface area contributed by atoms with Gasteiger partial charge in [0.1, 0.15) is 24.4 Å². The summed E-state index contributed by atoms with van der Waals surface area (Å²) in [6.45, 7) is 0. The van der Waals surface area contributed by atoms with Crippen LogP contribution in [0, 0.1) is 11.8 Å². The molecule has 0 aromatic carbocycles. The number of carbonyl (C=O) groups is 8. The maximum Gasteiger partial charge on any atom is 0.323 e. The highest BCUT2D eigenvalue weighted by molar-refractivity contribution is 5.95. The zero-order valence-corrected chi connectivity index (χ0v) is 18.8. The number of ether oxygens (including phenoxy) is 2. The van der Waals surface area contributed by atoms with Crippen LogP contribution >= 0.6 is 0 Å². The number of aldehydes is 2. The van der Waals surface area contributed by atoms with E-state index in [0.29, 0.717) is 25.4 Å². The number of hydrogen-bond donors (Lipinski definition) is 2. The van der Waals surface area contributed by atoms with Crippen molar-refractivity contribution >= 4 is 48.4 Å². The smallest absolute Gasteiger partial charge is 0.323 e. The molecule has 0 aliphatic carbocycles. The van der Waals surface area contributed by atoms with Crippen molar-refractivity contribution in [1.29, 1.82) is 0 Å². The van der Waals surface area contributed by atoms with Crippen molar-refractivity contribution in [2.24, 2.45) is 11.8 Å². The van der Waals surface area contributed by atoms with Gasteiger partial charge in [-0.1, -0.05) is 12.8 Å². The van der Waals surface area contributed by atoms with E-state index in [-0.39, 0.29) is 64.2 Å². The summed E-state index contributed by atoms with van der Waals surface area (Å²) in [6.07, 6.45) is 1.55. The highest BCUT2D eigenvalue weighted by atomic mass is 16.6. The molecule has 0 saturated carbocycles. The first-order chi connectivity index (χ1) is 16.1. The number of aliphatic carboxylic acids is 2. The molecule has 0 rings (SSSR count). The van der Waals surface area contributed by atoms with Gasteiger partial charge in [0.2, 0.25) is 0 Å². The van der Waals surface area contributed by atoms with Gasteiger partial charge >= 0.3 is 35.8 Å². The van der Waals surface area contributed by atoms with Crippen molar-refractivity contribution in [2.75, 3.05) is 0 Å². The first kappa shape index (κ1) is 30.6. The molecule has 2 atom stereocenters. The molecule has 190 valence electrons. The van der Waals surface area contributed by atoms with E-state index in [0.717, 1.165) is 0 Å². The quantitative estimate of drug-likeness (QED) is 0.116. The van der Waals surface area contributed by atoms with Gasteiger partial charge in [0.25, 0.3) is 0 Å². The van der Waals surface area contributed by atoms with Gasteiger partial charge in [0.05, 0.1) is 0 Å². The fraction of sp³-hybridized carbons (Fsp3) is 0.636. The summed E-state index contributed by atoms with van der Waals surface area (Å²) in [5.41, 5.74) is 0.